The maximum Gasteiger partial charge on any atom is 0.231 e. The van der Waals surface area contributed by atoms with E-state index in [0.717, 1.165) is 18.7 Å². The van der Waals surface area contributed by atoms with Gasteiger partial charge in [-0.05, 0) is 30.7 Å². The summed E-state index contributed by atoms with van der Waals surface area (Å²) in [5.41, 5.74) is 2.02. The molecule has 2 N–H and O–H groups in total. The fourth-order valence-electron chi connectivity index (χ4n) is 2.40. The van der Waals surface area contributed by atoms with Gasteiger partial charge in [0.05, 0.1) is 0 Å². The van der Waals surface area contributed by atoms with Crippen LogP contribution in [0.3, 0.4) is 0 Å². The van der Waals surface area contributed by atoms with Gasteiger partial charge in [-0.2, -0.15) is 0 Å². The molecule has 0 saturated carbocycles. The van der Waals surface area contributed by atoms with Crippen molar-refractivity contribution in [3.63, 3.8) is 0 Å². The number of hydrogen-bond acceptors (Lipinski definition) is 4. The number of carbonyl (C=O) groups excluding carboxylic acids is 1. The van der Waals surface area contributed by atoms with E-state index in [0.29, 0.717) is 24.5 Å². The molecule has 2 aromatic carbocycles. The third kappa shape index (κ3) is 4.47. The second-order valence-electron chi connectivity index (χ2n) is 5.35. The largest absolute Gasteiger partial charge is 0.454 e. The van der Waals surface area contributed by atoms with Crippen molar-refractivity contribution in [2.75, 3.05) is 25.2 Å². The molecule has 5 nitrogen and oxygen atoms in total. The van der Waals surface area contributed by atoms with Gasteiger partial charge < -0.3 is 20.1 Å². The predicted molar refractivity (Wildman–Crippen MR) is 88.8 cm³/mol. The minimum absolute atomic E-state index is 0.0175. The number of ether oxygens (including phenoxy) is 2. The van der Waals surface area contributed by atoms with Crippen LogP contribution in [0.4, 0.5) is 5.69 Å². The van der Waals surface area contributed by atoms with Gasteiger partial charge in [-0.15, -0.1) is 0 Å². The fourth-order valence-corrected chi connectivity index (χ4v) is 2.40. The van der Waals surface area contributed by atoms with Crippen LogP contribution >= 0.6 is 0 Å². The molecular weight excluding hydrogens is 292 g/mol. The van der Waals surface area contributed by atoms with Crippen molar-refractivity contribution in [3.05, 3.63) is 54.1 Å². The third-order valence-corrected chi connectivity index (χ3v) is 3.62. The Labute approximate surface area is 135 Å². The van der Waals surface area contributed by atoms with Gasteiger partial charge in [0.25, 0.3) is 0 Å². The highest BCUT2D eigenvalue weighted by Crippen LogP contribution is 2.34. The van der Waals surface area contributed by atoms with Crippen molar-refractivity contribution < 1.29 is 14.3 Å². The van der Waals surface area contributed by atoms with Gasteiger partial charge >= 0.3 is 0 Å². The summed E-state index contributed by atoms with van der Waals surface area (Å²) in [4.78, 5) is 11.9. The molecule has 120 valence electrons. The van der Waals surface area contributed by atoms with Gasteiger partial charge in [0, 0.05) is 24.7 Å². The molecule has 1 aliphatic heterocycles. The first-order valence-electron chi connectivity index (χ1n) is 7.75. The van der Waals surface area contributed by atoms with E-state index in [1.165, 1.54) is 5.56 Å². The SMILES string of the molecule is O=C(CCNCCc1ccccc1)Nc1ccc2c(c1)OCO2. The number of fused-ring (bicyclic) bond motifs is 1. The Morgan fingerprint density at radius 3 is 2.70 bits per heavy atom. The van der Waals surface area contributed by atoms with Crippen molar-refractivity contribution in [2.24, 2.45) is 0 Å². The predicted octanol–water partition coefficient (Wildman–Crippen LogP) is 2.58. The van der Waals surface area contributed by atoms with E-state index in [1.54, 1.807) is 12.1 Å². The van der Waals surface area contributed by atoms with Crippen LogP contribution in [0.15, 0.2) is 48.5 Å². The maximum absolute atomic E-state index is 11.9. The fraction of sp³-hybridized carbons (Fsp3) is 0.278. The molecule has 0 bridgehead atoms. The lowest BCUT2D eigenvalue weighted by Gasteiger charge is -2.07. The molecule has 0 fully saturated rings. The molecule has 0 aliphatic carbocycles. The number of anilines is 1. The van der Waals surface area contributed by atoms with Gasteiger partial charge in [-0.25, -0.2) is 0 Å². The highest BCUT2D eigenvalue weighted by molar-refractivity contribution is 5.91. The Balaban J connectivity index is 1.35. The first-order valence-corrected chi connectivity index (χ1v) is 7.75. The summed E-state index contributed by atoms with van der Waals surface area (Å²) in [6.45, 7) is 1.75. The molecule has 1 amide bonds. The zero-order valence-corrected chi connectivity index (χ0v) is 12.9. The molecule has 0 aromatic heterocycles. The second kappa shape index (κ2) is 7.65. The van der Waals surface area contributed by atoms with E-state index in [-0.39, 0.29) is 12.7 Å². The Morgan fingerprint density at radius 2 is 1.83 bits per heavy atom. The van der Waals surface area contributed by atoms with Crippen LogP contribution in [0.2, 0.25) is 0 Å². The summed E-state index contributed by atoms with van der Waals surface area (Å²) < 4.78 is 10.5. The first-order chi connectivity index (χ1) is 11.3. The van der Waals surface area contributed by atoms with E-state index in [2.05, 4.69) is 22.8 Å². The van der Waals surface area contributed by atoms with Crippen LogP contribution in [0.1, 0.15) is 12.0 Å². The molecular formula is C18H20N2O3. The van der Waals surface area contributed by atoms with Crippen LogP contribution in [0.5, 0.6) is 11.5 Å². The highest BCUT2D eigenvalue weighted by atomic mass is 16.7. The smallest absolute Gasteiger partial charge is 0.231 e. The van der Waals surface area contributed by atoms with E-state index >= 15 is 0 Å². The molecule has 5 heteroatoms. The van der Waals surface area contributed by atoms with Gasteiger partial charge in [0.15, 0.2) is 11.5 Å². The quantitative estimate of drug-likeness (QED) is 0.772. The minimum atomic E-state index is -0.0175. The lowest BCUT2D eigenvalue weighted by atomic mass is 10.1. The van der Waals surface area contributed by atoms with Crippen molar-refractivity contribution >= 4 is 11.6 Å². The normalized spacial score (nSPS) is 12.2. The standard InChI is InChI=1S/C18H20N2O3/c21-18(9-11-19-10-8-14-4-2-1-3-5-14)20-15-6-7-16-17(12-15)23-13-22-16/h1-7,12,19H,8-11,13H2,(H,20,21). The van der Waals surface area contributed by atoms with Gasteiger partial charge in [0.2, 0.25) is 12.7 Å². The number of nitrogens with one attached hydrogen (secondary N) is 2. The van der Waals surface area contributed by atoms with Crippen molar-refractivity contribution in [3.8, 4) is 11.5 Å². The van der Waals surface area contributed by atoms with Crippen molar-refractivity contribution in [2.45, 2.75) is 12.8 Å². The molecule has 0 radical (unpaired) electrons. The summed E-state index contributed by atoms with van der Waals surface area (Å²) in [6.07, 6.45) is 1.40. The zero-order chi connectivity index (χ0) is 15.9. The molecule has 2 aromatic rings. The summed E-state index contributed by atoms with van der Waals surface area (Å²) in [7, 11) is 0. The Hall–Kier alpha value is -2.53. The van der Waals surface area contributed by atoms with Gasteiger partial charge in [0.1, 0.15) is 0 Å². The number of amides is 1. The number of hydrogen-bond donors (Lipinski definition) is 2. The highest BCUT2D eigenvalue weighted by Gasteiger charge is 2.13. The molecule has 1 heterocycles. The van der Waals surface area contributed by atoms with Gasteiger partial charge in [-0.3, -0.25) is 4.79 Å². The number of carbonyl (C=O) groups is 1. The minimum Gasteiger partial charge on any atom is -0.454 e. The lowest BCUT2D eigenvalue weighted by molar-refractivity contribution is -0.116. The molecule has 23 heavy (non-hydrogen) atoms. The molecule has 0 saturated heterocycles. The van der Waals surface area contributed by atoms with Crippen LogP contribution in [0, 0.1) is 0 Å². The zero-order valence-electron chi connectivity index (χ0n) is 12.9. The Kier molecular flexibility index (Phi) is 5.11. The summed E-state index contributed by atoms with van der Waals surface area (Å²) in [5, 5.41) is 6.15. The van der Waals surface area contributed by atoms with E-state index in [9.17, 15) is 4.79 Å². The van der Waals surface area contributed by atoms with Gasteiger partial charge in [-0.1, -0.05) is 30.3 Å². The Morgan fingerprint density at radius 1 is 1.00 bits per heavy atom. The van der Waals surface area contributed by atoms with E-state index < -0.39 is 0 Å². The average molecular weight is 312 g/mol. The summed E-state index contributed by atoms with van der Waals surface area (Å²) >= 11 is 0. The monoisotopic (exact) mass is 312 g/mol. The molecule has 0 unspecified atom stereocenters. The summed E-state index contributed by atoms with van der Waals surface area (Å²) in [5.74, 6) is 1.37. The number of rotatable bonds is 7. The number of benzene rings is 2. The van der Waals surface area contributed by atoms with E-state index in [1.807, 2.05) is 24.3 Å². The van der Waals surface area contributed by atoms with Crippen LogP contribution in [-0.2, 0) is 11.2 Å². The molecule has 0 atom stereocenters. The van der Waals surface area contributed by atoms with Crippen molar-refractivity contribution in [1.29, 1.82) is 0 Å². The van der Waals surface area contributed by atoms with Crippen LogP contribution < -0.4 is 20.1 Å². The first kappa shape index (κ1) is 15.4. The topological polar surface area (TPSA) is 59.6 Å². The lowest BCUT2D eigenvalue weighted by Crippen LogP contribution is -2.23. The van der Waals surface area contributed by atoms with Crippen molar-refractivity contribution in [1.82, 2.24) is 5.32 Å². The third-order valence-electron chi connectivity index (χ3n) is 3.62. The maximum atomic E-state index is 11.9. The molecule has 3 rings (SSSR count). The van der Waals surface area contributed by atoms with Crippen LogP contribution in [0.25, 0.3) is 0 Å². The Bertz CT molecular complexity index is 659. The average Bonchev–Trinajstić information content (AvgIpc) is 3.03. The van der Waals surface area contributed by atoms with Crippen LogP contribution in [-0.4, -0.2) is 25.8 Å². The molecule has 0 spiro atoms. The van der Waals surface area contributed by atoms with E-state index in [4.69, 9.17) is 9.47 Å². The second-order valence-corrected chi connectivity index (χ2v) is 5.35. The summed E-state index contributed by atoms with van der Waals surface area (Å²) in [6, 6.07) is 15.7. The molecule has 1 aliphatic rings.